The van der Waals surface area contributed by atoms with Gasteiger partial charge in [-0.3, -0.25) is 13.9 Å². The molecule has 0 aliphatic carbocycles. The van der Waals surface area contributed by atoms with Crippen LogP contribution in [0.5, 0.6) is 0 Å². The Morgan fingerprint density at radius 3 is 2.02 bits per heavy atom. The molecule has 3 aromatic rings. The van der Waals surface area contributed by atoms with Crippen molar-refractivity contribution in [3.05, 3.63) is 93.5 Å². The zero-order valence-electron chi connectivity index (χ0n) is 25.6. The first-order valence-electron chi connectivity index (χ1n) is 14.5. The van der Waals surface area contributed by atoms with Crippen LogP contribution in [0.3, 0.4) is 0 Å². The Balaban J connectivity index is 2.09. The number of rotatable bonds is 13. The van der Waals surface area contributed by atoms with E-state index < -0.39 is 28.5 Å². The molecule has 0 aliphatic heterocycles. The van der Waals surface area contributed by atoms with Gasteiger partial charge in [-0.15, -0.1) is 0 Å². The number of hydrogen-bond acceptors (Lipinski definition) is 4. The second-order valence-electron chi connectivity index (χ2n) is 11.1. The smallest absolute Gasteiger partial charge is 0.264 e. The van der Waals surface area contributed by atoms with Gasteiger partial charge in [-0.25, -0.2) is 8.42 Å². The molecule has 232 valence electrons. The molecule has 43 heavy (non-hydrogen) atoms. The van der Waals surface area contributed by atoms with Gasteiger partial charge in [-0.1, -0.05) is 86.8 Å². The van der Waals surface area contributed by atoms with Crippen LogP contribution in [0.4, 0.5) is 5.69 Å². The first-order valence-corrected chi connectivity index (χ1v) is 16.7. The summed E-state index contributed by atoms with van der Waals surface area (Å²) >= 11 is 12.4. The van der Waals surface area contributed by atoms with Crippen molar-refractivity contribution in [2.75, 3.05) is 10.8 Å². The van der Waals surface area contributed by atoms with Crippen molar-refractivity contribution in [3.63, 3.8) is 0 Å². The lowest BCUT2D eigenvalue weighted by Crippen LogP contribution is -2.53. The number of benzene rings is 3. The molecule has 0 unspecified atom stereocenters. The number of aryl methyl sites for hydroxylation is 1. The summed E-state index contributed by atoms with van der Waals surface area (Å²) in [6, 6.07) is 17.7. The highest BCUT2D eigenvalue weighted by Gasteiger charge is 2.34. The van der Waals surface area contributed by atoms with E-state index in [0.29, 0.717) is 27.7 Å². The number of carbonyl (C=O) groups is 2. The summed E-state index contributed by atoms with van der Waals surface area (Å²) in [7, 11) is -4.15. The molecule has 10 heteroatoms. The minimum Gasteiger partial charge on any atom is -0.352 e. The average molecular weight is 647 g/mol. The molecule has 0 spiro atoms. The Hall–Kier alpha value is -3.07. The summed E-state index contributed by atoms with van der Waals surface area (Å²) in [5.41, 5.74) is 2.96. The normalized spacial score (nSPS) is 13.0. The molecule has 3 rings (SSSR count). The van der Waals surface area contributed by atoms with Crippen molar-refractivity contribution in [1.82, 2.24) is 10.2 Å². The Bertz CT molecular complexity index is 1510. The maximum absolute atomic E-state index is 14.2. The second-order valence-corrected chi connectivity index (χ2v) is 13.8. The van der Waals surface area contributed by atoms with Gasteiger partial charge in [0.1, 0.15) is 12.6 Å². The van der Waals surface area contributed by atoms with E-state index >= 15 is 0 Å². The number of sulfonamides is 1. The number of nitrogens with one attached hydrogen (secondary N) is 1. The SMILES string of the molecule is CC[C@@H](C)NC(=O)[C@@H](CC)N(Cc1ccc(Cl)c(Cl)c1)C(=O)CN(c1ccc(C(C)C)cc1)S(=O)(=O)c1ccc(C)cc1. The Labute approximate surface area is 266 Å². The zero-order chi connectivity index (χ0) is 31.9. The fourth-order valence-electron chi connectivity index (χ4n) is 4.59. The minimum atomic E-state index is -4.15. The van der Waals surface area contributed by atoms with Crippen molar-refractivity contribution in [2.24, 2.45) is 0 Å². The van der Waals surface area contributed by atoms with Crippen molar-refractivity contribution < 1.29 is 18.0 Å². The fraction of sp³-hybridized carbons (Fsp3) is 0.394. The maximum Gasteiger partial charge on any atom is 0.264 e. The van der Waals surface area contributed by atoms with Crippen molar-refractivity contribution >= 4 is 50.7 Å². The first kappa shape index (κ1) is 34.4. The minimum absolute atomic E-state index is 0.0346. The molecule has 0 saturated carbocycles. The maximum atomic E-state index is 14.2. The van der Waals surface area contributed by atoms with Gasteiger partial charge >= 0.3 is 0 Å². The van der Waals surface area contributed by atoms with Crippen molar-refractivity contribution in [1.29, 1.82) is 0 Å². The lowest BCUT2D eigenvalue weighted by Gasteiger charge is -2.34. The highest BCUT2D eigenvalue weighted by atomic mass is 35.5. The van der Waals surface area contributed by atoms with E-state index in [1.165, 1.54) is 17.0 Å². The van der Waals surface area contributed by atoms with Gasteiger partial charge in [-0.2, -0.15) is 0 Å². The van der Waals surface area contributed by atoms with E-state index in [4.69, 9.17) is 23.2 Å². The molecule has 0 fully saturated rings. The highest BCUT2D eigenvalue weighted by Crippen LogP contribution is 2.28. The molecular formula is C33H41Cl2N3O4S. The number of anilines is 1. The van der Waals surface area contributed by atoms with E-state index in [1.807, 2.05) is 39.8 Å². The molecule has 0 heterocycles. The molecule has 7 nitrogen and oxygen atoms in total. The van der Waals surface area contributed by atoms with Gasteiger partial charge in [0.25, 0.3) is 10.0 Å². The standard InChI is InChI=1S/C33H41Cl2N3O4S/c1-7-24(6)36-33(40)31(8-2)37(20-25-11-18-29(34)30(35)19-25)32(39)21-38(27-14-12-26(13-15-27)22(3)4)43(41,42)28-16-9-23(5)10-17-28/h9-19,22,24,31H,7-8,20-21H2,1-6H3,(H,36,40)/t24-,31-/m1/s1. The monoisotopic (exact) mass is 645 g/mol. The molecule has 0 radical (unpaired) electrons. The van der Waals surface area contributed by atoms with Crippen LogP contribution in [-0.4, -0.2) is 43.8 Å². The third-order valence-electron chi connectivity index (χ3n) is 7.46. The van der Waals surface area contributed by atoms with Gasteiger partial charge in [0.15, 0.2) is 0 Å². The third kappa shape index (κ3) is 8.74. The zero-order valence-corrected chi connectivity index (χ0v) is 27.9. The molecule has 1 N–H and O–H groups in total. The highest BCUT2D eigenvalue weighted by molar-refractivity contribution is 7.92. The van der Waals surface area contributed by atoms with Gasteiger partial charge in [0, 0.05) is 12.6 Å². The molecule has 2 amide bonds. The van der Waals surface area contributed by atoms with Crippen LogP contribution in [0.1, 0.15) is 70.1 Å². The fourth-order valence-corrected chi connectivity index (χ4v) is 6.32. The molecule has 0 saturated heterocycles. The molecule has 0 aliphatic rings. The summed E-state index contributed by atoms with van der Waals surface area (Å²) in [4.78, 5) is 29.1. The third-order valence-corrected chi connectivity index (χ3v) is 9.99. The summed E-state index contributed by atoms with van der Waals surface area (Å²) < 4.78 is 29.2. The molecule has 0 bridgehead atoms. The number of halogens is 2. The van der Waals surface area contributed by atoms with Crippen LogP contribution in [0, 0.1) is 6.92 Å². The number of hydrogen-bond donors (Lipinski definition) is 1. The second kappa shape index (κ2) is 15.1. The molecule has 2 atom stereocenters. The average Bonchev–Trinajstić information content (AvgIpc) is 2.97. The van der Waals surface area contributed by atoms with E-state index in [0.717, 1.165) is 21.9 Å². The Morgan fingerprint density at radius 1 is 0.860 bits per heavy atom. The van der Waals surface area contributed by atoms with Crippen molar-refractivity contribution in [2.45, 2.75) is 83.8 Å². The number of nitrogens with zero attached hydrogens (tertiary/aromatic N) is 2. The van der Waals surface area contributed by atoms with E-state index in [-0.39, 0.29) is 29.3 Å². The number of amides is 2. The summed E-state index contributed by atoms with van der Waals surface area (Å²) in [5.74, 6) is -0.589. The summed E-state index contributed by atoms with van der Waals surface area (Å²) in [6.07, 6.45) is 1.04. The quantitative estimate of drug-likeness (QED) is 0.211. The van der Waals surface area contributed by atoms with Gasteiger partial charge in [0.05, 0.1) is 20.6 Å². The van der Waals surface area contributed by atoms with Gasteiger partial charge in [0.2, 0.25) is 11.8 Å². The topological polar surface area (TPSA) is 86.8 Å². The summed E-state index contributed by atoms with van der Waals surface area (Å²) in [5, 5.41) is 3.66. The van der Waals surface area contributed by atoms with Crippen LogP contribution in [-0.2, 0) is 26.2 Å². The van der Waals surface area contributed by atoms with Crippen molar-refractivity contribution in [3.8, 4) is 0 Å². The van der Waals surface area contributed by atoms with Crippen LogP contribution >= 0.6 is 23.2 Å². The van der Waals surface area contributed by atoms with Crippen LogP contribution in [0.25, 0.3) is 0 Å². The Kier molecular flexibility index (Phi) is 12.1. The van der Waals surface area contributed by atoms with Crippen LogP contribution in [0.2, 0.25) is 10.0 Å². The van der Waals surface area contributed by atoms with E-state index in [1.54, 1.807) is 42.5 Å². The number of carbonyl (C=O) groups excluding carboxylic acids is 2. The van der Waals surface area contributed by atoms with Gasteiger partial charge < -0.3 is 10.2 Å². The van der Waals surface area contributed by atoms with Gasteiger partial charge in [-0.05, 0) is 80.1 Å². The largest absolute Gasteiger partial charge is 0.352 e. The molecular weight excluding hydrogens is 605 g/mol. The molecule has 0 aromatic heterocycles. The van der Waals surface area contributed by atoms with Crippen LogP contribution in [0.15, 0.2) is 71.6 Å². The summed E-state index contributed by atoms with van der Waals surface area (Å²) in [6.45, 7) is 11.2. The lowest BCUT2D eigenvalue weighted by molar-refractivity contribution is -0.140. The molecule has 3 aromatic carbocycles. The van der Waals surface area contributed by atoms with Crippen LogP contribution < -0.4 is 9.62 Å². The lowest BCUT2D eigenvalue weighted by atomic mass is 10.0. The predicted molar refractivity (Wildman–Crippen MR) is 175 cm³/mol. The Morgan fingerprint density at radius 2 is 1.49 bits per heavy atom. The first-order chi connectivity index (χ1) is 20.3. The van der Waals surface area contributed by atoms with E-state index in [2.05, 4.69) is 19.2 Å². The van der Waals surface area contributed by atoms with E-state index in [9.17, 15) is 18.0 Å². The predicted octanol–water partition coefficient (Wildman–Crippen LogP) is 7.34.